The predicted molar refractivity (Wildman–Crippen MR) is 97.6 cm³/mol. The number of amides is 1. The van der Waals surface area contributed by atoms with Gasteiger partial charge < -0.3 is 19.8 Å². The van der Waals surface area contributed by atoms with Crippen LogP contribution in [-0.4, -0.2) is 30.6 Å². The first-order valence-corrected chi connectivity index (χ1v) is 8.89. The molecule has 1 aromatic carbocycles. The van der Waals surface area contributed by atoms with Gasteiger partial charge in [-0.15, -0.1) is 0 Å². The number of hydrogen-bond donors (Lipinski definition) is 2. The molecule has 138 valence electrons. The second kappa shape index (κ2) is 7.64. The Labute approximate surface area is 152 Å². The van der Waals surface area contributed by atoms with Crippen LogP contribution in [0.2, 0.25) is 0 Å². The van der Waals surface area contributed by atoms with E-state index in [-0.39, 0.29) is 11.9 Å². The molecule has 2 aromatic rings. The number of nitrogens with one attached hydrogen (secondary N) is 2. The van der Waals surface area contributed by atoms with Crippen LogP contribution in [0.15, 0.2) is 24.3 Å². The number of ether oxygens (including phenoxy) is 2. The number of carbonyl (C=O) groups is 2. The van der Waals surface area contributed by atoms with Crippen LogP contribution in [0, 0.1) is 6.92 Å². The van der Waals surface area contributed by atoms with E-state index < -0.39 is 5.97 Å². The summed E-state index contributed by atoms with van der Waals surface area (Å²) in [6, 6.07) is 7.60. The molecular formula is C20H24N2O4. The minimum atomic E-state index is -0.419. The highest BCUT2D eigenvalue weighted by Gasteiger charge is 2.28. The van der Waals surface area contributed by atoms with E-state index in [4.69, 9.17) is 9.47 Å². The van der Waals surface area contributed by atoms with Gasteiger partial charge in [0.15, 0.2) is 0 Å². The van der Waals surface area contributed by atoms with Gasteiger partial charge in [0, 0.05) is 17.7 Å². The summed E-state index contributed by atoms with van der Waals surface area (Å²) in [6.07, 6.45) is 2.15. The molecule has 2 heterocycles. The number of H-pyrrole nitrogens is 1. The Morgan fingerprint density at radius 1 is 1.35 bits per heavy atom. The highest BCUT2D eigenvalue weighted by atomic mass is 16.5. The third kappa shape index (κ3) is 3.31. The zero-order valence-electron chi connectivity index (χ0n) is 15.3. The Balaban J connectivity index is 1.90. The maximum absolute atomic E-state index is 13.0. The van der Waals surface area contributed by atoms with Crippen molar-refractivity contribution in [2.24, 2.45) is 0 Å². The Morgan fingerprint density at radius 3 is 2.85 bits per heavy atom. The van der Waals surface area contributed by atoms with Crippen molar-refractivity contribution in [2.75, 3.05) is 13.7 Å². The minimum absolute atomic E-state index is 0.118. The summed E-state index contributed by atoms with van der Waals surface area (Å²) in [5.74, 6) is 0.168. The van der Waals surface area contributed by atoms with E-state index in [1.54, 1.807) is 6.92 Å². The van der Waals surface area contributed by atoms with Crippen molar-refractivity contribution < 1.29 is 19.1 Å². The molecule has 1 aromatic heterocycles. The molecule has 0 spiro atoms. The number of fused-ring (bicyclic) bond motifs is 1. The number of methoxy groups -OCH3 is 1. The Hall–Kier alpha value is -2.76. The van der Waals surface area contributed by atoms with Crippen molar-refractivity contribution in [3.63, 3.8) is 0 Å². The second-order valence-corrected chi connectivity index (χ2v) is 6.42. The number of esters is 1. The van der Waals surface area contributed by atoms with Gasteiger partial charge in [-0.3, -0.25) is 4.79 Å². The Morgan fingerprint density at radius 2 is 2.12 bits per heavy atom. The first kappa shape index (κ1) is 18.0. The van der Waals surface area contributed by atoms with Crippen LogP contribution in [0.25, 0.3) is 0 Å². The van der Waals surface area contributed by atoms with E-state index in [1.165, 1.54) is 7.11 Å². The summed E-state index contributed by atoms with van der Waals surface area (Å²) < 4.78 is 10.5. The molecule has 0 radical (unpaired) electrons. The summed E-state index contributed by atoms with van der Waals surface area (Å²) in [7, 11) is 1.35. The first-order valence-electron chi connectivity index (χ1n) is 8.89. The summed E-state index contributed by atoms with van der Waals surface area (Å²) in [5.41, 5.74) is 3.24. The van der Waals surface area contributed by atoms with Gasteiger partial charge >= 0.3 is 5.97 Å². The highest BCUT2D eigenvalue weighted by molar-refractivity contribution is 6.00. The zero-order valence-corrected chi connectivity index (χ0v) is 15.3. The largest absolute Gasteiger partial charge is 0.493 e. The number of carbonyl (C=O) groups excluding carboxylic acids is 2. The van der Waals surface area contributed by atoms with Gasteiger partial charge in [0.05, 0.1) is 25.3 Å². The lowest BCUT2D eigenvalue weighted by Crippen LogP contribution is -2.33. The van der Waals surface area contributed by atoms with Crippen LogP contribution in [0.1, 0.15) is 63.5 Å². The number of aryl methyl sites for hydroxylation is 1. The quantitative estimate of drug-likeness (QED) is 0.806. The molecule has 0 fully saturated rings. The molecule has 0 aliphatic carbocycles. The van der Waals surface area contributed by atoms with Gasteiger partial charge in [-0.1, -0.05) is 31.5 Å². The Kier molecular flexibility index (Phi) is 5.30. The van der Waals surface area contributed by atoms with Gasteiger partial charge in [-0.25, -0.2) is 4.79 Å². The van der Waals surface area contributed by atoms with Crippen molar-refractivity contribution in [2.45, 2.75) is 39.2 Å². The fraction of sp³-hybridized carbons (Fsp3) is 0.400. The molecule has 6 nitrogen and oxygen atoms in total. The highest BCUT2D eigenvalue weighted by Crippen LogP contribution is 2.32. The van der Waals surface area contributed by atoms with Gasteiger partial charge in [0.2, 0.25) is 0 Å². The lowest BCUT2D eigenvalue weighted by Gasteiger charge is -2.26. The summed E-state index contributed by atoms with van der Waals surface area (Å²) in [6.45, 7) is 4.35. The normalized spacial score (nSPS) is 15.7. The van der Waals surface area contributed by atoms with Crippen molar-refractivity contribution in [1.82, 2.24) is 10.3 Å². The molecule has 1 atom stereocenters. The fourth-order valence-corrected chi connectivity index (χ4v) is 3.47. The summed E-state index contributed by atoms with van der Waals surface area (Å²) in [4.78, 5) is 28.2. The molecule has 1 amide bonds. The van der Waals surface area contributed by atoms with Crippen LogP contribution in [-0.2, 0) is 11.2 Å². The van der Waals surface area contributed by atoms with Crippen LogP contribution < -0.4 is 10.1 Å². The average Bonchev–Trinajstić information content (AvgIpc) is 2.98. The minimum Gasteiger partial charge on any atom is -0.493 e. The maximum Gasteiger partial charge on any atom is 0.339 e. The van der Waals surface area contributed by atoms with E-state index >= 15 is 0 Å². The standard InChI is InChI=1S/C20H24N2O4/c1-4-7-14-17(20(24)25-3)12(2)21-18(14)19(23)22-15-10-11-26-16-9-6-5-8-13(15)16/h5-6,8-9,15,21H,4,7,10-11H2,1-3H3,(H,22,23). The van der Waals surface area contributed by atoms with E-state index in [0.29, 0.717) is 36.4 Å². The third-order valence-electron chi connectivity index (χ3n) is 4.67. The molecular weight excluding hydrogens is 332 g/mol. The number of benzene rings is 1. The van der Waals surface area contributed by atoms with Crippen molar-refractivity contribution in [3.8, 4) is 5.75 Å². The SMILES string of the molecule is CCCc1c(C(=O)NC2CCOc3ccccc32)[nH]c(C)c1C(=O)OC. The monoisotopic (exact) mass is 356 g/mol. The summed E-state index contributed by atoms with van der Waals surface area (Å²) >= 11 is 0. The van der Waals surface area contributed by atoms with Gasteiger partial charge in [0.1, 0.15) is 11.4 Å². The molecule has 0 bridgehead atoms. The maximum atomic E-state index is 13.0. The van der Waals surface area contributed by atoms with Crippen LogP contribution >= 0.6 is 0 Å². The lowest BCUT2D eigenvalue weighted by molar-refractivity contribution is 0.0599. The van der Waals surface area contributed by atoms with E-state index in [2.05, 4.69) is 10.3 Å². The molecule has 2 N–H and O–H groups in total. The second-order valence-electron chi connectivity index (χ2n) is 6.42. The number of para-hydroxylation sites is 1. The van der Waals surface area contributed by atoms with Crippen molar-refractivity contribution in [1.29, 1.82) is 0 Å². The van der Waals surface area contributed by atoms with Gasteiger partial charge in [-0.2, -0.15) is 0 Å². The van der Waals surface area contributed by atoms with E-state index in [0.717, 1.165) is 23.3 Å². The van der Waals surface area contributed by atoms with Crippen LogP contribution in [0.3, 0.4) is 0 Å². The predicted octanol–water partition coefficient (Wildman–Crippen LogP) is 3.32. The van der Waals surface area contributed by atoms with Crippen LogP contribution in [0.5, 0.6) is 5.75 Å². The molecule has 0 saturated carbocycles. The van der Waals surface area contributed by atoms with E-state index in [9.17, 15) is 9.59 Å². The molecule has 1 unspecified atom stereocenters. The Bertz CT molecular complexity index is 825. The molecule has 26 heavy (non-hydrogen) atoms. The van der Waals surface area contributed by atoms with Crippen molar-refractivity contribution >= 4 is 11.9 Å². The fourth-order valence-electron chi connectivity index (χ4n) is 3.47. The lowest BCUT2D eigenvalue weighted by atomic mass is 9.99. The summed E-state index contributed by atoms with van der Waals surface area (Å²) in [5, 5.41) is 3.09. The molecule has 6 heteroatoms. The topological polar surface area (TPSA) is 80.4 Å². The zero-order chi connectivity index (χ0) is 18.7. The third-order valence-corrected chi connectivity index (χ3v) is 4.67. The number of rotatable bonds is 5. The number of aromatic amines is 1. The van der Waals surface area contributed by atoms with Gasteiger partial charge in [0.25, 0.3) is 5.91 Å². The molecule has 1 aliphatic heterocycles. The molecule has 3 rings (SSSR count). The number of aromatic nitrogens is 1. The van der Waals surface area contributed by atoms with Crippen LogP contribution in [0.4, 0.5) is 0 Å². The first-order chi connectivity index (χ1) is 12.6. The van der Waals surface area contributed by atoms with Gasteiger partial charge in [-0.05, 0) is 25.0 Å². The number of hydrogen-bond acceptors (Lipinski definition) is 4. The molecule has 0 saturated heterocycles. The molecule has 1 aliphatic rings. The average molecular weight is 356 g/mol. The van der Waals surface area contributed by atoms with E-state index in [1.807, 2.05) is 31.2 Å². The van der Waals surface area contributed by atoms with Crippen molar-refractivity contribution in [3.05, 3.63) is 52.3 Å². The smallest absolute Gasteiger partial charge is 0.339 e.